The summed E-state index contributed by atoms with van der Waals surface area (Å²) in [6, 6.07) is 7.40. The van der Waals surface area contributed by atoms with E-state index in [-0.39, 0.29) is 5.82 Å². The van der Waals surface area contributed by atoms with Crippen molar-refractivity contribution >= 4 is 5.70 Å². The summed E-state index contributed by atoms with van der Waals surface area (Å²) in [5.74, 6) is 5.16. The van der Waals surface area contributed by atoms with Crippen LogP contribution in [0.1, 0.15) is 110 Å². The van der Waals surface area contributed by atoms with Crippen molar-refractivity contribution in [3.63, 3.8) is 0 Å². The number of allylic oxidation sites excluding steroid dienone is 2. The summed E-state index contributed by atoms with van der Waals surface area (Å²) in [6.07, 6.45) is 21.3. The molecular formula is C35H52FN. The summed E-state index contributed by atoms with van der Waals surface area (Å²) in [5.41, 5.74) is 3.28. The predicted molar refractivity (Wildman–Crippen MR) is 155 cm³/mol. The molecule has 0 spiro atoms. The Morgan fingerprint density at radius 1 is 1.05 bits per heavy atom. The summed E-state index contributed by atoms with van der Waals surface area (Å²) in [6.45, 7) is 13.8. The molecule has 1 aromatic carbocycles. The second-order valence-electron chi connectivity index (χ2n) is 13.7. The van der Waals surface area contributed by atoms with E-state index in [4.69, 9.17) is 0 Å². The van der Waals surface area contributed by atoms with Crippen molar-refractivity contribution in [2.45, 2.75) is 111 Å². The van der Waals surface area contributed by atoms with E-state index in [0.29, 0.717) is 22.8 Å². The lowest BCUT2D eigenvalue weighted by Gasteiger charge is -2.64. The molecule has 0 radical (unpaired) electrons. The van der Waals surface area contributed by atoms with Crippen LogP contribution >= 0.6 is 0 Å². The minimum absolute atomic E-state index is 0.166. The van der Waals surface area contributed by atoms with Crippen LogP contribution in [0.4, 0.5) is 4.39 Å². The molecule has 9 atom stereocenters. The van der Waals surface area contributed by atoms with Crippen LogP contribution < -0.4 is 5.32 Å². The van der Waals surface area contributed by atoms with Crippen molar-refractivity contribution in [1.29, 1.82) is 0 Å². The third-order valence-corrected chi connectivity index (χ3v) is 12.3. The Morgan fingerprint density at radius 2 is 1.78 bits per heavy atom. The molecule has 1 N–H and O–H groups in total. The number of fused-ring (bicyclic) bond motifs is 5. The fourth-order valence-electron chi connectivity index (χ4n) is 10.6. The highest BCUT2D eigenvalue weighted by Gasteiger charge is 2.59. The molecule has 37 heavy (non-hydrogen) atoms. The molecule has 4 fully saturated rings. The lowest BCUT2D eigenvalue weighted by Crippen LogP contribution is -2.57. The zero-order valence-electron chi connectivity index (χ0n) is 24.1. The van der Waals surface area contributed by atoms with Crippen LogP contribution in [0.25, 0.3) is 5.70 Å². The van der Waals surface area contributed by atoms with Crippen molar-refractivity contribution in [3.8, 4) is 0 Å². The van der Waals surface area contributed by atoms with Gasteiger partial charge in [-0.3, -0.25) is 0 Å². The first-order valence-corrected chi connectivity index (χ1v) is 15.6. The highest BCUT2D eigenvalue weighted by atomic mass is 19.1. The molecule has 4 aliphatic rings. The number of hydrogen-bond acceptors (Lipinski definition) is 1. The molecule has 4 saturated carbocycles. The summed E-state index contributed by atoms with van der Waals surface area (Å²) in [4.78, 5) is 0. The molecular weight excluding hydrogens is 453 g/mol. The van der Waals surface area contributed by atoms with E-state index >= 15 is 0 Å². The maximum absolute atomic E-state index is 13.5. The van der Waals surface area contributed by atoms with Gasteiger partial charge in [0, 0.05) is 11.7 Å². The molecule has 0 bridgehead atoms. The average Bonchev–Trinajstić information content (AvgIpc) is 2.91. The highest BCUT2D eigenvalue weighted by Crippen LogP contribution is 2.67. The van der Waals surface area contributed by atoms with Crippen LogP contribution in [0.15, 0.2) is 43.0 Å². The van der Waals surface area contributed by atoms with Gasteiger partial charge in [-0.15, -0.1) is 6.58 Å². The highest BCUT2D eigenvalue weighted by molar-refractivity contribution is 5.63. The van der Waals surface area contributed by atoms with Crippen molar-refractivity contribution in [2.24, 2.45) is 46.3 Å². The number of halogens is 1. The number of hydrogen-bond donors (Lipinski definition) is 1. The van der Waals surface area contributed by atoms with E-state index in [9.17, 15) is 4.39 Å². The Morgan fingerprint density at radius 3 is 2.49 bits per heavy atom. The van der Waals surface area contributed by atoms with Gasteiger partial charge in [0.2, 0.25) is 0 Å². The van der Waals surface area contributed by atoms with Crippen LogP contribution in [0, 0.1) is 52.2 Å². The maximum atomic E-state index is 13.5. The summed E-state index contributed by atoms with van der Waals surface area (Å²) in [7, 11) is 0. The molecule has 5 rings (SSSR count). The molecule has 0 heterocycles. The van der Waals surface area contributed by atoms with Gasteiger partial charge in [-0.05, 0) is 142 Å². The van der Waals surface area contributed by atoms with Crippen LogP contribution in [0.2, 0.25) is 0 Å². The average molecular weight is 506 g/mol. The Labute approximate surface area is 226 Å². The van der Waals surface area contributed by atoms with Gasteiger partial charge < -0.3 is 5.32 Å². The van der Waals surface area contributed by atoms with Crippen LogP contribution in [-0.4, -0.2) is 6.04 Å². The molecule has 2 unspecified atom stereocenters. The zero-order chi connectivity index (χ0) is 26.2. The number of nitrogens with one attached hydrogen (secondary N) is 1. The van der Waals surface area contributed by atoms with Gasteiger partial charge >= 0.3 is 0 Å². The monoisotopic (exact) mass is 505 g/mol. The maximum Gasteiger partial charge on any atom is 0.123 e. The first-order chi connectivity index (χ1) is 17.8. The van der Waals surface area contributed by atoms with Gasteiger partial charge in [0.25, 0.3) is 0 Å². The van der Waals surface area contributed by atoms with E-state index < -0.39 is 0 Å². The van der Waals surface area contributed by atoms with Crippen molar-refractivity contribution in [2.75, 3.05) is 0 Å². The van der Waals surface area contributed by atoms with E-state index in [1.54, 1.807) is 12.1 Å². The van der Waals surface area contributed by atoms with Crippen molar-refractivity contribution in [1.82, 2.24) is 5.32 Å². The molecule has 4 aliphatic carbocycles. The van der Waals surface area contributed by atoms with E-state index in [2.05, 4.69) is 51.7 Å². The molecule has 0 aromatic heterocycles. The molecule has 1 aromatic rings. The smallest absolute Gasteiger partial charge is 0.123 e. The molecule has 0 amide bonds. The minimum Gasteiger partial charge on any atom is -0.382 e. The lowest BCUT2D eigenvalue weighted by atomic mass is 9.41. The van der Waals surface area contributed by atoms with Crippen molar-refractivity contribution in [3.05, 3.63) is 54.4 Å². The van der Waals surface area contributed by atoms with Crippen molar-refractivity contribution < 1.29 is 4.39 Å². The lowest BCUT2D eigenvalue weighted by molar-refractivity contribution is -0.142. The Balaban J connectivity index is 1.33. The second kappa shape index (κ2) is 10.9. The SMILES string of the molecule is C=CC[C@H]1CC[C@@H]2C3CC[C@@]4(C)C(CCC[C@@H]4[C@@H](C)N/C(=C/C)c4ccc(F)cc4)[C@@H]3CC[C@]2(CC)C1. The zero-order valence-corrected chi connectivity index (χ0v) is 24.1. The summed E-state index contributed by atoms with van der Waals surface area (Å²) < 4.78 is 13.5. The number of rotatable bonds is 7. The van der Waals surface area contributed by atoms with E-state index in [1.165, 1.54) is 77.0 Å². The van der Waals surface area contributed by atoms with Gasteiger partial charge in [0.1, 0.15) is 5.82 Å². The quantitative estimate of drug-likeness (QED) is 0.364. The first kappa shape index (κ1) is 27.0. The summed E-state index contributed by atoms with van der Waals surface area (Å²) in [5, 5.41) is 3.91. The molecule has 2 heteroatoms. The normalized spacial score (nSPS) is 40.6. The third-order valence-electron chi connectivity index (χ3n) is 12.3. The van der Waals surface area contributed by atoms with Crippen LogP contribution in [-0.2, 0) is 0 Å². The van der Waals surface area contributed by atoms with E-state index in [1.807, 2.05) is 12.1 Å². The first-order valence-electron chi connectivity index (χ1n) is 15.6. The largest absolute Gasteiger partial charge is 0.382 e. The molecule has 0 saturated heterocycles. The van der Waals surface area contributed by atoms with Gasteiger partial charge in [0.05, 0.1) is 0 Å². The van der Waals surface area contributed by atoms with Gasteiger partial charge in [0.15, 0.2) is 0 Å². The van der Waals surface area contributed by atoms with Gasteiger partial charge in [-0.25, -0.2) is 4.39 Å². The Kier molecular flexibility index (Phi) is 7.95. The molecule has 0 aliphatic heterocycles. The predicted octanol–water partition coefficient (Wildman–Crippen LogP) is 9.80. The van der Waals surface area contributed by atoms with Crippen LogP contribution in [0.5, 0.6) is 0 Å². The second-order valence-corrected chi connectivity index (χ2v) is 13.7. The fraction of sp³-hybridized carbons (Fsp3) is 0.714. The topological polar surface area (TPSA) is 12.0 Å². The Hall–Kier alpha value is -1.57. The van der Waals surface area contributed by atoms with Gasteiger partial charge in [-0.2, -0.15) is 0 Å². The van der Waals surface area contributed by atoms with Gasteiger partial charge in [-0.1, -0.05) is 51.0 Å². The van der Waals surface area contributed by atoms with E-state index in [0.717, 1.165) is 40.9 Å². The molecule has 204 valence electrons. The summed E-state index contributed by atoms with van der Waals surface area (Å²) >= 11 is 0. The Bertz CT molecular complexity index is 964. The molecule has 1 nitrogen and oxygen atoms in total. The van der Waals surface area contributed by atoms with Crippen LogP contribution in [0.3, 0.4) is 0 Å². The minimum atomic E-state index is -0.166. The number of benzene rings is 1. The fourth-order valence-corrected chi connectivity index (χ4v) is 10.6. The standard InChI is InChI=1S/C35H52FN/c1-6-10-25-13-18-32-29-19-21-34(5)30(24(4)37-33(7-2)26-14-16-27(36)17-15-26)11-9-12-31(34)28(29)20-22-35(32,8-3)23-25/h6-7,14-17,24-25,28-32,37H,1,8-13,18-23H2,2-5H3/b33-7+/t24-,25+,28-,29?,30-,31?,32-,34-,35-/m1/s1. The third kappa shape index (κ3) is 4.85.